The summed E-state index contributed by atoms with van der Waals surface area (Å²) in [6.45, 7) is 0.0937. The molecule has 0 unspecified atom stereocenters. The van der Waals surface area contributed by atoms with Gasteiger partial charge in [0.1, 0.15) is 5.82 Å². The number of rotatable bonds is 5. The summed E-state index contributed by atoms with van der Waals surface area (Å²) >= 11 is -0.120. The molecule has 0 spiro atoms. The minimum atomic E-state index is -4.23. The maximum Gasteiger partial charge on any atom is 0.441 e. The molecule has 0 aromatic carbocycles. The van der Waals surface area contributed by atoms with Crippen molar-refractivity contribution in [3.05, 3.63) is 18.1 Å². The lowest BCUT2D eigenvalue weighted by Crippen LogP contribution is -2.11. The van der Waals surface area contributed by atoms with Crippen molar-refractivity contribution in [2.24, 2.45) is 0 Å². The minimum Gasteiger partial charge on any atom is -0.464 e. The van der Waals surface area contributed by atoms with Crippen LogP contribution >= 0.6 is 11.8 Å². The number of carbonyl (C=O) groups excluding carboxylic acids is 1. The quantitative estimate of drug-likeness (QED) is 0.657. The molecule has 1 N–H and O–H groups in total. The molecule has 0 radical (unpaired) electrons. The van der Waals surface area contributed by atoms with Gasteiger partial charge >= 0.3 is 11.5 Å². The lowest BCUT2D eigenvalue weighted by molar-refractivity contribution is -0.0327. The number of ether oxygens (including phenoxy) is 1. The number of esters is 1. The first kappa shape index (κ1) is 14.6. The molecular formula is C9H10F3N3O2S. The monoisotopic (exact) mass is 281 g/mol. The number of hydrogen-bond acceptors (Lipinski definition) is 6. The Balaban J connectivity index is 2.38. The van der Waals surface area contributed by atoms with Gasteiger partial charge in [0, 0.05) is 12.3 Å². The third-order valence-electron chi connectivity index (χ3n) is 1.72. The first-order chi connectivity index (χ1) is 8.42. The molecular weight excluding hydrogens is 271 g/mol. The van der Waals surface area contributed by atoms with Crippen LogP contribution in [0, 0.1) is 0 Å². The standard InChI is InChI=1S/C9H10F3N3O2S/c1-17-8(16)6-4-15-7(5-14-6)13-2-3-18-9(10,11)12/h4-5H,2-3H2,1H3,(H,13,15). The Labute approximate surface area is 105 Å². The van der Waals surface area contributed by atoms with E-state index in [1.807, 2.05) is 0 Å². The van der Waals surface area contributed by atoms with Gasteiger partial charge in [0.05, 0.1) is 19.5 Å². The van der Waals surface area contributed by atoms with Gasteiger partial charge < -0.3 is 10.1 Å². The largest absolute Gasteiger partial charge is 0.464 e. The molecule has 0 aliphatic carbocycles. The van der Waals surface area contributed by atoms with E-state index in [1.54, 1.807) is 0 Å². The highest BCUT2D eigenvalue weighted by molar-refractivity contribution is 8.00. The molecule has 0 aliphatic rings. The number of methoxy groups -OCH3 is 1. The molecule has 0 saturated carbocycles. The molecule has 1 rings (SSSR count). The third-order valence-corrected chi connectivity index (χ3v) is 2.46. The van der Waals surface area contributed by atoms with Crippen LogP contribution in [0.1, 0.15) is 10.5 Å². The average Bonchev–Trinajstić information content (AvgIpc) is 2.33. The van der Waals surface area contributed by atoms with Crippen LogP contribution in [0.3, 0.4) is 0 Å². The lowest BCUT2D eigenvalue weighted by atomic mass is 10.4. The van der Waals surface area contributed by atoms with Gasteiger partial charge in [-0.2, -0.15) is 13.2 Å². The lowest BCUT2D eigenvalue weighted by Gasteiger charge is -2.07. The van der Waals surface area contributed by atoms with Crippen molar-refractivity contribution in [1.82, 2.24) is 9.97 Å². The van der Waals surface area contributed by atoms with E-state index in [0.717, 1.165) is 0 Å². The SMILES string of the molecule is COC(=O)c1cnc(NCCSC(F)(F)F)cn1. The highest BCUT2D eigenvalue weighted by atomic mass is 32.2. The minimum absolute atomic E-state index is 0.0349. The second-order valence-electron chi connectivity index (χ2n) is 3.00. The summed E-state index contributed by atoms with van der Waals surface area (Å²) in [7, 11) is 1.21. The van der Waals surface area contributed by atoms with Gasteiger partial charge in [0.2, 0.25) is 0 Å². The van der Waals surface area contributed by atoms with Gasteiger partial charge in [0.15, 0.2) is 5.69 Å². The van der Waals surface area contributed by atoms with Gasteiger partial charge in [-0.3, -0.25) is 0 Å². The van der Waals surface area contributed by atoms with Gasteiger partial charge in [-0.05, 0) is 11.8 Å². The van der Waals surface area contributed by atoms with E-state index in [2.05, 4.69) is 20.0 Å². The van der Waals surface area contributed by atoms with Crippen molar-refractivity contribution in [1.29, 1.82) is 0 Å². The molecule has 1 heterocycles. The number of alkyl halides is 3. The summed E-state index contributed by atoms with van der Waals surface area (Å²) in [5, 5.41) is 2.65. The molecule has 100 valence electrons. The fourth-order valence-electron chi connectivity index (χ4n) is 0.975. The molecule has 0 bridgehead atoms. The number of nitrogens with one attached hydrogen (secondary N) is 1. The van der Waals surface area contributed by atoms with Crippen LogP contribution in [-0.4, -0.2) is 40.9 Å². The van der Waals surface area contributed by atoms with E-state index < -0.39 is 11.5 Å². The normalized spacial score (nSPS) is 11.1. The summed E-state index contributed by atoms with van der Waals surface area (Å²) in [6.07, 6.45) is 2.44. The Morgan fingerprint density at radius 2 is 2.17 bits per heavy atom. The van der Waals surface area contributed by atoms with Crippen LogP contribution in [0.2, 0.25) is 0 Å². The number of aromatic nitrogens is 2. The molecule has 0 amide bonds. The first-order valence-corrected chi connectivity index (χ1v) is 5.76. The summed E-state index contributed by atoms with van der Waals surface area (Å²) in [6, 6.07) is 0. The van der Waals surface area contributed by atoms with Crippen molar-refractivity contribution in [3.8, 4) is 0 Å². The number of hydrogen-bond donors (Lipinski definition) is 1. The topological polar surface area (TPSA) is 64.1 Å². The van der Waals surface area contributed by atoms with Crippen molar-refractivity contribution < 1.29 is 22.7 Å². The maximum absolute atomic E-state index is 11.8. The van der Waals surface area contributed by atoms with Gasteiger partial charge in [0.25, 0.3) is 0 Å². The van der Waals surface area contributed by atoms with E-state index in [4.69, 9.17) is 0 Å². The zero-order chi connectivity index (χ0) is 13.6. The van der Waals surface area contributed by atoms with Crippen LogP contribution in [0.4, 0.5) is 19.0 Å². The van der Waals surface area contributed by atoms with Gasteiger partial charge in [-0.15, -0.1) is 0 Å². The predicted molar refractivity (Wildman–Crippen MR) is 60.4 cm³/mol. The van der Waals surface area contributed by atoms with Crippen molar-refractivity contribution >= 4 is 23.5 Å². The molecule has 0 atom stereocenters. The Hall–Kier alpha value is -1.51. The highest BCUT2D eigenvalue weighted by Gasteiger charge is 2.27. The molecule has 18 heavy (non-hydrogen) atoms. The number of nitrogens with zero attached hydrogens (tertiary/aromatic N) is 2. The summed E-state index contributed by atoms with van der Waals surface area (Å²) in [5.41, 5.74) is -4.20. The Bertz CT molecular complexity index is 397. The first-order valence-electron chi connectivity index (χ1n) is 4.77. The number of halogens is 3. The number of thioether (sulfide) groups is 1. The van der Waals surface area contributed by atoms with Gasteiger partial charge in [-0.1, -0.05) is 0 Å². The fraction of sp³-hybridized carbons (Fsp3) is 0.444. The third kappa shape index (κ3) is 5.21. The van der Waals surface area contributed by atoms with E-state index in [9.17, 15) is 18.0 Å². The second kappa shape index (κ2) is 6.43. The summed E-state index contributed by atoms with van der Waals surface area (Å²) in [4.78, 5) is 18.6. The van der Waals surface area contributed by atoms with Gasteiger partial charge in [-0.25, -0.2) is 14.8 Å². The summed E-state index contributed by atoms with van der Waals surface area (Å²) in [5.74, 6) is -0.462. The van der Waals surface area contributed by atoms with Crippen molar-refractivity contribution in [2.75, 3.05) is 24.7 Å². The Kier molecular flexibility index (Phi) is 5.20. The van der Waals surface area contributed by atoms with E-state index in [0.29, 0.717) is 5.82 Å². The molecule has 9 heteroatoms. The molecule has 0 fully saturated rings. The fourth-order valence-corrected chi connectivity index (χ4v) is 1.41. The average molecular weight is 281 g/mol. The van der Waals surface area contributed by atoms with Crippen LogP contribution in [-0.2, 0) is 4.74 Å². The van der Waals surface area contributed by atoms with Crippen LogP contribution in [0.15, 0.2) is 12.4 Å². The molecule has 1 aromatic rings. The summed E-state index contributed by atoms with van der Waals surface area (Å²) < 4.78 is 39.9. The Morgan fingerprint density at radius 1 is 1.44 bits per heavy atom. The number of anilines is 1. The van der Waals surface area contributed by atoms with Crippen LogP contribution in [0.5, 0.6) is 0 Å². The molecule has 0 saturated heterocycles. The van der Waals surface area contributed by atoms with E-state index in [-0.39, 0.29) is 29.8 Å². The van der Waals surface area contributed by atoms with Crippen molar-refractivity contribution in [2.45, 2.75) is 5.51 Å². The van der Waals surface area contributed by atoms with Crippen LogP contribution < -0.4 is 5.32 Å². The second-order valence-corrected chi connectivity index (χ2v) is 4.16. The van der Waals surface area contributed by atoms with Crippen molar-refractivity contribution in [3.63, 3.8) is 0 Å². The molecule has 1 aromatic heterocycles. The Morgan fingerprint density at radius 3 is 2.67 bits per heavy atom. The zero-order valence-electron chi connectivity index (χ0n) is 9.32. The smallest absolute Gasteiger partial charge is 0.441 e. The molecule has 0 aliphatic heterocycles. The number of carbonyl (C=O) groups is 1. The van der Waals surface area contributed by atoms with E-state index >= 15 is 0 Å². The molecule has 5 nitrogen and oxygen atoms in total. The van der Waals surface area contributed by atoms with Crippen LogP contribution in [0.25, 0.3) is 0 Å². The maximum atomic E-state index is 11.8. The predicted octanol–water partition coefficient (Wildman–Crippen LogP) is 1.93. The zero-order valence-corrected chi connectivity index (χ0v) is 10.1. The van der Waals surface area contributed by atoms with E-state index in [1.165, 1.54) is 19.5 Å². The highest BCUT2D eigenvalue weighted by Crippen LogP contribution is 2.29.